The van der Waals surface area contributed by atoms with Gasteiger partial charge in [-0.1, -0.05) is 17.7 Å². The number of carbonyl (C=O) groups is 2. The zero-order valence-corrected chi connectivity index (χ0v) is 15.1. The second-order valence-corrected chi connectivity index (χ2v) is 5.93. The molecule has 3 N–H and O–H groups in total. The average Bonchev–Trinajstić information content (AvgIpc) is 2.59. The lowest BCUT2D eigenvalue weighted by Gasteiger charge is -2.06. The van der Waals surface area contributed by atoms with E-state index < -0.39 is 11.8 Å². The van der Waals surface area contributed by atoms with Gasteiger partial charge in [0.25, 0.3) is 0 Å². The van der Waals surface area contributed by atoms with Crippen LogP contribution in [0.25, 0.3) is 0 Å². The standard InChI is InChI=1S/C17H16BrN3O4/c1-10-3-5-12(6-4-10)20-16(23)17(24)21-19-9-11-7-13(18)15(22)14(8-11)25-2/h3-9,22H,1-2H3,(H,20,23)(H,21,24)/b19-9+. The highest BCUT2D eigenvalue weighted by Gasteiger charge is 2.13. The first-order valence-corrected chi connectivity index (χ1v) is 7.97. The number of ether oxygens (including phenoxy) is 1. The van der Waals surface area contributed by atoms with E-state index in [-0.39, 0.29) is 11.5 Å². The number of anilines is 1. The van der Waals surface area contributed by atoms with Crippen molar-refractivity contribution in [3.05, 3.63) is 52.0 Å². The number of halogens is 1. The lowest BCUT2D eigenvalue weighted by Crippen LogP contribution is -2.32. The van der Waals surface area contributed by atoms with Crippen LogP contribution in [0.3, 0.4) is 0 Å². The largest absolute Gasteiger partial charge is 0.503 e. The number of carbonyl (C=O) groups excluding carboxylic acids is 2. The predicted molar refractivity (Wildman–Crippen MR) is 97.9 cm³/mol. The molecule has 7 nitrogen and oxygen atoms in total. The van der Waals surface area contributed by atoms with Gasteiger partial charge >= 0.3 is 11.8 Å². The van der Waals surface area contributed by atoms with Crippen LogP contribution in [0.2, 0.25) is 0 Å². The summed E-state index contributed by atoms with van der Waals surface area (Å²) < 4.78 is 5.43. The molecule has 130 valence electrons. The van der Waals surface area contributed by atoms with E-state index in [1.807, 2.05) is 19.1 Å². The Morgan fingerprint density at radius 2 is 1.88 bits per heavy atom. The van der Waals surface area contributed by atoms with Crippen molar-refractivity contribution in [1.82, 2.24) is 5.43 Å². The number of hydrogen-bond donors (Lipinski definition) is 3. The maximum absolute atomic E-state index is 11.8. The summed E-state index contributed by atoms with van der Waals surface area (Å²) in [7, 11) is 1.42. The molecule has 2 amide bonds. The van der Waals surface area contributed by atoms with Crippen LogP contribution in [0.15, 0.2) is 46.0 Å². The fourth-order valence-corrected chi connectivity index (χ4v) is 2.32. The van der Waals surface area contributed by atoms with Crippen LogP contribution in [-0.4, -0.2) is 30.2 Å². The van der Waals surface area contributed by atoms with Crippen LogP contribution < -0.4 is 15.5 Å². The molecule has 2 aromatic carbocycles. The first kappa shape index (κ1) is 18.5. The van der Waals surface area contributed by atoms with Crippen molar-refractivity contribution in [2.45, 2.75) is 6.92 Å². The monoisotopic (exact) mass is 405 g/mol. The number of amides is 2. The van der Waals surface area contributed by atoms with Gasteiger partial charge in [0.1, 0.15) is 0 Å². The van der Waals surface area contributed by atoms with Crippen LogP contribution >= 0.6 is 15.9 Å². The summed E-state index contributed by atoms with van der Waals surface area (Å²) in [4.78, 5) is 23.5. The number of nitrogens with zero attached hydrogens (tertiary/aromatic N) is 1. The number of phenols is 1. The molecule has 0 unspecified atom stereocenters. The third kappa shape index (κ3) is 5.05. The van der Waals surface area contributed by atoms with E-state index in [9.17, 15) is 14.7 Å². The lowest BCUT2D eigenvalue weighted by molar-refractivity contribution is -0.136. The molecule has 0 radical (unpaired) electrons. The Bertz CT molecular complexity index is 819. The summed E-state index contributed by atoms with van der Waals surface area (Å²) in [6.45, 7) is 1.92. The molecule has 0 bridgehead atoms. The van der Waals surface area contributed by atoms with Gasteiger partial charge in [0.05, 0.1) is 17.8 Å². The van der Waals surface area contributed by atoms with Crippen LogP contribution in [0.5, 0.6) is 11.5 Å². The number of aryl methyl sites for hydroxylation is 1. The summed E-state index contributed by atoms with van der Waals surface area (Å²) in [6.07, 6.45) is 1.32. The van der Waals surface area contributed by atoms with Crippen LogP contribution in [0.4, 0.5) is 5.69 Å². The Labute approximate surface area is 152 Å². The Hall–Kier alpha value is -2.87. The lowest BCUT2D eigenvalue weighted by atomic mass is 10.2. The van der Waals surface area contributed by atoms with Crippen molar-refractivity contribution in [1.29, 1.82) is 0 Å². The van der Waals surface area contributed by atoms with E-state index in [1.54, 1.807) is 18.2 Å². The normalized spacial score (nSPS) is 10.5. The number of aromatic hydroxyl groups is 1. The van der Waals surface area contributed by atoms with Gasteiger partial charge in [-0.3, -0.25) is 9.59 Å². The minimum Gasteiger partial charge on any atom is -0.503 e. The van der Waals surface area contributed by atoms with Gasteiger partial charge in [0, 0.05) is 5.69 Å². The zero-order chi connectivity index (χ0) is 18.4. The van der Waals surface area contributed by atoms with E-state index in [2.05, 4.69) is 31.8 Å². The molecular formula is C17H16BrN3O4. The molecule has 0 saturated heterocycles. The highest BCUT2D eigenvalue weighted by Crippen LogP contribution is 2.34. The number of phenolic OH excluding ortho intramolecular Hbond substituents is 1. The Kier molecular flexibility index (Phi) is 6.13. The zero-order valence-electron chi connectivity index (χ0n) is 13.5. The molecule has 8 heteroatoms. The highest BCUT2D eigenvalue weighted by atomic mass is 79.9. The second kappa shape index (κ2) is 8.29. The fraction of sp³-hybridized carbons (Fsp3) is 0.118. The first-order valence-electron chi connectivity index (χ1n) is 7.18. The highest BCUT2D eigenvalue weighted by molar-refractivity contribution is 9.10. The van der Waals surface area contributed by atoms with Gasteiger partial charge in [0.15, 0.2) is 11.5 Å². The summed E-state index contributed by atoms with van der Waals surface area (Å²) >= 11 is 3.18. The summed E-state index contributed by atoms with van der Waals surface area (Å²) in [6, 6.07) is 10.2. The third-order valence-electron chi connectivity index (χ3n) is 3.17. The minimum atomic E-state index is -0.901. The number of hydrogen-bond acceptors (Lipinski definition) is 5. The van der Waals surface area contributed by atoms with Crippen LogP contribution in [0.1, 0.15) is 11.1 Å². The van der Waals surface area contributed by atoms with E-state index in [0.717, 1.165) is 5.56 Å². The molecule has 0 aliphatic rings. The third-order valence-corrected chi connectivity index (χ3v) is 3.77. The molecule has 25 heavy (non-hydrogen) atoms. The summed E-state index contributed by atoms with van der Waals surface area (Å²) in [5.74, 6) is -1.52. The number of benzene rings is 2. The van der Waals surface area contributed by atoms with E-state index >= 15 is 0 Å². The maximum Gasteiger partial charge on any atom is 0.329 e. The van der Waals surface area contributed by atoms with E-state index in [4.69, 9.17) is 4.74 Å². The smallest absolute Gasteiger partial charge is 0.329 e. The Morgan fingerprint density at radius 1 is 1.20 bits per heavy atom. The van der Waals surface area contributed by atoms with Crippen molar-refractivity contribution >= 4 is 39.6 Å². The minimum absolute atomic E-state index is 0.0406. The molecule has 0 aromatic heterocycles. The van der Waals surface area contributed by atoms with Gasteiger partial charge in [-0.15, -0.1) is 0 Å². The molecule has 2 aromatic rings. The number of rotatable bonds is 4. The van der Waals surface area contributed by atoms with Gasteiger partial charge < -0.3 is 15.2 Å². The van der Waals surface area contributed by atoms with E-state index in [0.29, 0.717) is 15.7 Å². The maximum atomic E-state index is 11.8. The fourth-order valence-electron chi connectivity index (χ4n) is 1.86. The van der Waals surface area contributed by atoms with Crippen molar-refractivity contribution in [2.24, 2.45) is 5.10 Å². The molecule has 0 fully saturated rings. The van der Waals surface area contributed by atoms with Gasteiger partial charge in [-0.25, -0.2) is 5.43 Å². The number of hydrazone groups is 1. The van der Waals surface area contributed by atoms with Crippen molar-refractivity contribution in [3.63, 3.8) is 0 Å². The van der Waals surface area contributed by atoms with Crippen LogP contribution in [0, 0.1) is 6.92 Å². The predicted octanol–water partition coefficient (Wildman–Crippen LogP) is 2.56. The van der Waals surface area contributed by atoms with Crippen molar-refractivity contribution < 1.29 is 19.4 Å². The van der Waals surface area contributed by atoms with Crippen molar-refractivity contribution in [3.8, 4) is 11.5 Å². The van der Waals surface area contributed by atoms with Crippen LogP contribution in [-0.2, 0) is 9.59 Å². The molecule has 0 atom stereocenters. The van der Waals surface area contributed by atoms with Crippen molar-refractivity contribution in [2.75, 3.05) is 12.4 Å². The molecule has 0 aliphatic heterocycles. The average molecular weight is 406 g/mol. The summed E-state index contributed by atoms with van der Waals surface area (Å²) in [5, 5.41) is 15.9. The summed E-state index contributed by atoms with van der Waals surface area (Å²) in [5.41, 5.74) is 4.25. The molecule has 0 saturated carbocycles. The number of nitrogens with one attached hydrogen (secondary N) is 2. The van der Waals surface area contributed by atoms with Gasteiger partial charge in [0.2, 0.25) is 0 Å². The van der Waals surface area contributed by atoms with Gasteiger partial charge in [-0.05, 0) is 52.7 Å². The Balaban J connectivity index is 1.97. The topological polar surface area (TPSA) is 100 Å². The molecule has 2 rings (SSSR count). The molecule has 0 heterocycles. The molecule has 0 aliphatic carbocycles. The SMILES string of the molecule is COc1cc(/C=N/NC(=O)C(=O)Nc2ccc(C)cc2)cc(Br)c1O. The Morgan fingerprint density at radius 3 is 2.52 bits per heavy atom. The van der Waals surface area contributed by atoms with E-state index in [1.165, 1.54) is 19.4 Å². The second-order valence-electron chi connectivity index (χ2n) is 5.07. The van der Waals surface area contributed by atoms with Gasteiger partial charge in [-0.2, -0.15) is 5.10 Å². The molecule has 0 spiro atoms. The molecular weight excluding hydrogens is 390 g/mol. The first-order chi connectivity index (χ1) is 11.9. The quantitative estimate of drug-likeness (QED) is 0.413. The number of methoxy groups -OCH3 is 1.